The summed E-state index contributed by atoms with van der Waals surface area (Å²) >= 11 is 0. The number of fused-ring (bicyclic) bond motifs is 2. The van der Waals surface area contributed by atoms with Gasteiger partial charge in [0.05, 0.1) is 45.6 Å². The van der Waals surface area contributed by atoms with E-state index in [4.69, 9.17) is 14.2 Å². The van der Waals surface area contributed by atoms with E-state index >= 15 is 0 Å². The minimum Gasteiger partial charge on any atom is -0.491 e. The fourth-order valence-electron chi connectivity index (χ4n) is 5.23. The molecule has 0 radical (unpaired) electrons. The number of anilines is 2. The Morgan fingerprint density at radius 2 is 0.894 bits per heavy atom. The van der Waals surface area contributed by atoms with Crippen LogP contribution in [0.4, 0.5) is 22.7 Å². The molecule has 0 aliphatic carbocycles. The molecule has 0 bridgehead atoms. The third-order valence-corrected chi connectivity index (χ3v) is 7.36. The molecule has 0 saturated heterocycles. The third-order valence-electron chi connectivity index (χ3n) is 7.36. The zero-order valence-electron chi connectivity index (χ0n) is 24.2. The maximum atomic E-state index is 12.9. The fraction of sp³-hybridized carbons (Fsp3) is 0.125. The highest BCUT2D eigenvalue weighted by atomic mass is 16.6. The van der Waals surface area contributed by atoms with Gasteiger partial charge in [-0.05, 0) is 60.7 Å². The number of nitro benzene ring substituents is 2. The van der Waals surface area contributed by atoms with Crippen molar-refractivity contribution in [1.29, 1.82) is 0 Å². The van der Waals surface area contributed by atoms with Crippen LogP contribution in [0.5, 0.6) is 11.5 Å². The Labute approximate surface area is 264 Å². The molecular weight excluding hydrogens is 616 g/mol. The normalized spacial score (nSPS) is 13.5. The lowest BCUT2D eigenvalue weighted by atomic mass is 10.1. The van der Waals surface area contributed by atoms with Gasteiger partial charge in [-0.3, -0.25) is 39.4 Å². The molecule has 0 N–H and O–H groups in total. The van der Waals surface area contributed by atoms with Crippen LogP contribution in [0.2, 0.25) is 0 Å². The van der Waals surface area contributed by atoms with E-state index in [1.54, 1.807) is 24.3 Å². The lowest BCUT2D eigenvalue weighted by Gasteiger charge is -2.15. The maximum Gasteiger partial charge on any atom is 0.283 e. The van der Waals surface area contributed by atoms with Crippen LogP contribution in [-0.2, 0) is 4.74 Å². The van der Waals surface area contributed by atoms with Crippen LogP contribution in [0, 0.1) is 20.2 Å². The number of carbonyl (C=O) groups is 4. The highest BCUT2D eigenvalue weighted by molar-refractivity contribution is 6.36. The standard InChI is InChI=1S/C32H22N4O11/c37-29-23-3-1-5-25(35(41)42)27(23)31(39)33(29)19-7-11-21(12-8-19)46-17-15-45-16-18-47-22-13-9-20(10-14-22)34-30(38)24-4-2-6-26(36(43)44)28(24)32(34)40/h1-14H,15-18H2. The summed E-state index contributed by atoms with van der Waals surface area (Å²) in [6.45, 7) is 0.813. The number of benzene rings is 4. The van der Waals surface area contributed by atoms with Gasteiger partial charge >= 0.3 is 0 Å². The third kappa shape index (κ3) is 5.62. The molecule has 2 heterocycles. The molecule has 0 fully saturated rings. The highest BCUT2D eigenvalue weighted by Crippen LogP contribution is 2.36. The molecule has 0 aromatic heterocycles. The first kappa shape index (κ1) is 30.5. The summed E-state index contributed by atoms with van der Waals surface area (Å²) in [5.74, 6) is -1.94. The van der Waals surface area contributed by atoms with Crippen molar-refractivity contribution >= 4 is 46.4 Å². The summed E-state index contributed by atoms with van der Waals surface area (Å²) < 4.78 is 16.8. The Morgan fingerprint density at radius 1 is 0.511 bits per heavy atom. The largest absolute Gasteiger partial charge is 0.491 e. The van der Waals surface area contributed by atoms with E-state index in [1.165, 1.54) is 60.7 Å². The van der Waals surface area contributed by atoms with Crippen molar-refractivity contribution in [3.8, 4) is 11.5 Å². The van der Waals surface area contributed by atoms with Crippen molar-refractivity contribution in [3.63, 3.8) is 0 Å². The maximum absolute atomic E-state index is 12.9. The fourth-order valence-corrected chi connectivity index (χ4v) is 5.23. The van der Waals surface area contributed by atoms with Gasteiger partial charge < -0.3 is 14.2 Å². The Bertz CT molecular complexity index is 1820. The summed E-state index contributed by atoms with van der Waals surface area (Å²) in [4.78, 5) is 74.4. The number of rotatable bonds is 12. The van der Waals surface area contributed by atoms with E-state index in [2.05, 4.69) is 0 Å². The van der Waals surface area contributed by atoms with Crippen molar-refractivity contribution < 1.29 is 43.2 Å². The van der Waals surface area contributed by atoms with Gasteiger partial charge in [0.25, 0.3) is 35.0 Å². The molecule has 47 heavy (non-hydrogen) atoms. The lowest BCUT2D eigenvalue weighted by molar-refractivity contribution is -0.385. The number of hydrogen-bond acceptors (Lipinski definition) is 11. The number of amides is 4. The van der Waals surface area contributed by atoms with Gasteiger partial charge in [0.1, 0.15) is 35.8 Å². The molecule has 15 nitrogen and oxygen atoms in total. The number of carbonyl (C=O) groups excluding carboxylic acids is 4. The predicted molar refractivity (Wildman–Crippen MR) is 163 cm³/mol. The van der Waals surface area contributed by atoms with Crippen molar-refractivity contribution in [2.45, 2.75) is 0 Å². The quantitative estimate of drug-likeness (QED) is 0.0914. The summed E-state index contributed by atoms with van der Waals surface area (Å²) in [5.41, 5.74) is -0.905. The van der Waals surface area contributed by atoms with E-state index < -0.39 is 44.9 Å². The average Bonchev–Trinajstić information content (AvgIpc) is 3.48. The first-order chi connectivity index (χ1) is 22.7. The molecule has 15 heteroatoms. The number of nitrogens with zero attached hydrogens (tertiary/aromatic N) is 4. The molecule has 2 aliphatic heterocycles. The first-order valence-corrected chi connectivity index (χ1v) is 14.0. The average molecular weight is 639 g/mol. The zero-order chi connectivity index (χ0) is 33.2. The van der Waals surface area contributed by atoms with Gasteiger partial charge in [-0.1, -0.05) is 12.1 Å². The van der Waals surface area contributed by atoms with Crippen LogP contribution in [0.3, 0.4) is 0 Å². The molecule has 0 unspecified atom stereocenters. The molecule has 6 rings (SSSR count). The molecule has 236 valence electrons. The Hall–Kier alpha value is -6.48. The molecule has 0 atom stereocenters. The number of nitro groups is 2. The summed E-state index contributed by atoms with van der Waals surface area (Å²) in [7, 11) is 0. The lowest BCUT2D eigenvalue weighted by Crippen LogP contribution is -2.29. The van der Waals surface area contributed by atoms with Gasteiger partial charge in [-0.2, -0.15) is 0 Å². The minimum absolute atomic E-state index is 0.0286. The van der Waals surface area contributed by atoms with Crippen molar-refractivity contribution in [2.75, 3.05) is 36.2 Å². The molecule has 4 aromatic carbocycles. The van der Waals surface area contributed by atoms with E-state index in [-0.39, 0.29) is 60.1 Å². The van der Waals surface area contributed by atoms with Crippen LogP contribution in [0.1, 0.15) is 41.4 Å². The molecule has 0 saturated carbocycles. The number of ether oxygens (including phenoxy) is 3. The Morgan fingerprint density at radius 3 is 1.26 bits per heavy atom. The first-order valence-electron chi connectivity index (χ1n) is 14.0. The minimum atomic E-state index is -0.770. The van der Waals surface area contributed by atoms with Crippen LogP contribution in [-0.4, -0.2) is 59.9 Å². The Kier molecular flexibility index (Phi) is 8.12. The highest BCUT2D eigenvalue weighted by Gasteiger charge is 2.43. The number of hydrogen-bond donors (Lipinski definition) is 0. The van der Waals surface area contributed by atoms with Gasteiger partial charge in [0, 0.05) is 12.1 Å². The summed E-state index contributed by atoms with van der Waals surface area (Å²) in [5, 5.41) is 22.7. The van der Waals surface area contributed by atoms with Crippen LogP contribution in [0.15, 0.2) is 84.9 Å². The summed E-state index contributed by atoms with van der Waals surface area (Å²) in [6.07, 6.45) is 0. The van der Waals surface area contributed by atoms with Crippen LogP contribution >= 0.6 is 0 Å². The van der Waals surface area contributed by atoms with E-state index in [0.29, 0.717) is 11.5 Å². The topological polar surface area (TPSA) is 189 Å². The molecule has 2 aliphatic rings. The van der Waals surface area contributed by atoms with Gasteiger partial charge in [0.2, 0.25) is 0 Å². The van der Waals surface area contributed by atoms with Gasteiger partial charge in [-0.15, -0.1) is 0 Å². The van der Waals surface area contributed by atoms with Crippen molar-refractivity contribution in [1.82, 2.24) is 0 Å². The van der Waals surface area contributed by atoms with Crippen LogP contribution in [0.25, 0.3) is 0 Å². The molecule has 4 amide bonds. The van der Waals surface area contributed by atoms with Gasteiger partial charge in [0.15, 0.2) is 0 Å². The van der Waals surface area contributed by atoms with Gasteiger partial charge in [-0.25, -0.2) is 9.80 Å². The van der Waals surface area contributed by atoms with E-state index in [1.807, 2.05) is 0 Å². The molecule has 4 aromatic rings. The second kappa shape index (κ2) is 12.5. The summed E-state index contributed by atoms with van der Waals surface area (Å²) in [6, 6.07) is 20.1. The smallest absolute Gasteiger partial charge is 0.283 e. The Balaban J connectivity index is 0.941. The van der Waals surface area contributed by atoms with E-state index in [9.17, 15) is 39.4 Å². The number of imide groups is 2. The molecule has 0 spiro atoms. The van der Waals surface area contributed by atoms with Crippen molar-refractivity contribution in [2.24, 2.45) is 0 Å². The van der Waals surface area contributed by atoms with Crippen molar-refractivity contribution in [3.05, 3.63) is 127 Å². The second-order valence-electron chi connectivity index (χ2n) is 10.1. The zero-order valence-corrected chi connectivity index (χ0v) is 24.2. The van der Waals surface area contributed by atoms with Crippen LogP contribution < -0.4 is 19.3 Å². The second-order valence-corrected chi connectivity index (χ2v) is 10.1. The SMILES string of the molecule is O=C1c2cccc([N+](=O)[O-])c2C(=O)N1c1ccc(OCCOCCOc2ccc(N3C(=O)c4cccc([N+](=O)[O-])c4C3=O)cc2)cc1. The molecular formula is C32H22N4O11. The predicted octanol–water partition coefficient (Wildman–Crippen LogP) is 4.58. The van der Waals surface area contributed by atoms with E-state index in [0.717, 1.165) is 9.80 Å². The monoisotopic (exact) mass is 638 g/mol.